The highest BCUT2D eigenvalue weighted by Gasteiger charge is 2.43. The second kappa shape index (κ2) is 6.69. The van der Waals surface area contributed by atoms with Crippen LogP contribution < -0.4 is 0 Å². The van der Waals surface area contributed by atoms with E-state index in [0.717, 1.165) is 0 Å². The van der Waals surface area contributed by atoms with Crippen LogP contribution in [0.1, 0.15) is 27.7 Å². The second-order valence-electron chi connectivity index (χ2n) is 5.14. The van der Waals surface area contributed by atoms with Gasteiger partial charge in [-0.05, 0) is 19.8 Å². The monoisotopic (exact) mass is 246 g/mol. The molecule has 0 aromatic rings. The predicted molar refractivity (Wildman–Crippen MR) is 66.2 cm³/mol. The van der Waals surface area contributed by atoms with Crippen LogP contribution in [-0.2, 0) is 18.9 Å². The molecule has 4 heteroatoms. The molecule has 5 atom stereocenters. The molecule has 4 nitrogen and oxygen atoms in total. The maximum atomic E-state index is 5.96. The first-order valence-electron chi connectivity index (χ1n) is 6.33. The van der Waals surface area contributed by atoms with Crippen molar-refractivity contribution >= 4 is 0 Å². The number of hydrogen-bond acceptors (Lipinski definition) is 4. The van der Waals surface area contributed by atoms with Crippen molar-refractivity contribution in [1.29, 1.82) is 0 Å². The standard InChI is InChI=1S/C13H26O4/c1-8(2)7-16-13-11(14-5)9(3)17-10(4)12(13)15-6/h8-13H,7H2,1-6H3/t9-,10?,11-,12-,13?/m0/s1. The summed E-state index contributed by atoms with van der Waals surface area (Å²) >= 11 is 0. The van der Waals surface area contributed by atoms with Crippen molar-refractivity contribution in [1.82, 2.24) is 0 Å². The van der Waals surface area contributed by atoms with E-state index in [2.05, 4.69) is 13.8 Å². The number of methoxy groups -OCH3 is 2. The molecular formula is C13H26O4. The van der Waals surface area contributed by atoms with Gasteiger partial charge in [0.2, 0.25) is 0 Å². The Kier molecular flexibility index (Phi) is 5.86. The average Bonchev–Trinajstić information content (AvgIpc) is 2.25. The summed E-state index contributed by atoms with van der Waals surface area (Å²) in [5.74, 6) is 0.499. The summed E-state index contributed by atoms with van der Waals surface area (Å²) in [6.07, 6.45) is -0.159. The third kappa shape index (κ3) is 3.65. The van der Waals surface area contributed by atoms with Crippen molar-refractivity contribution in [3.05, 3.63) is 0 Å². The van der Waals surface area contributed by atoms with E-state index in [-0.39, 0.29) is 30.5 Å². The first kappa shape index (κ1) is 14.9. The highest BCUT2D eigenvalue weighted by molar-refractivity contribution is 4.92. The zero-order valence-corrected chi connectivity index (χ0v) is 11.8. The fraction of sp³-hybridized carbons (Fsp3) is 1.00. The van der Waals surface area contributed by atoms with Crippen LogP contribution in [0, 0.1) is 5.92 Å². The lowest BCUT2D eigenvalue weighted by Gasteiger charge is -2.43. The second-order valence-corrected chi connectivity index (χ2v) is 5.14. The van der Waals surface area contributed by atoms with E-state index >= 15 is 0 Å². The van der Waals surface area contributed by atoms with Crippen LogP contribution in [0.5, 0.6) is 0 Å². The maximum absolute atomic E-state index is 5.96. The number of ether oxygens (including phenoxy) is 4. The highest BCUT2D eigenvalue weighted by atomic mass is 16.6. The van der Waals surface area contributed by atoms with E-state index in [1.165, 1.54) is 0 Å². The summed E-state index contributed by atoms with van der Waals surface area (Å²) in [5.41, 5.74) is 0. The third-order valence-electron chi connectivity index (χ3n) is 3.17. The van der Waals surface area contributed by atoms with Crippen molar-refractivity contribution < 1.29 is 18.9 Å². The van der Waals surface area contributed by atoms with E-state index in [9.17, 15) is 0 Å². The molecule has 0 aromatic carbocycles. The summed E-state index contributed by atoms with van der Waals surface area (Å²) in [6.45, 7) is 9.01. The predicted octanol–water partition coefficient (Wildman–Crippen LogP) is 1.86. The minimum Gasteiger partial charge on any atom is -0.376 e. The van der Waals surface area contributed by atoms with Gasteiger partial charge in [0.05, 0.1) is 12.2 Å². The molecule has 1 saturated heterocycles. The summed E-state index contributed by atoms with van der Waals surface area (Å²) in [7, 11) is 3.39. The molecule has 1 aliphatic heterocycles. The lowest BCUT2D eigenvalue weighted by atomic mass is 9.95. The van der Waals surface area contributed by atoms with Crippen molar-refractivity contribution in [2.24, 2.45) is 5.92 Å². The van der Waals surface area contributed by atoms with Gasteiger partial charge < -0.3 is 18.9 Å². The summed E-state index contributed by atoms with van der Waals surface area (Å²) < 4.78 is 22.8. The maximum Gasteiger partial charge on any atom is 0.115 e. The van der Waals surface area contributed by atoms with Gasteiger partial charge in [-0.3, -0.25) is 0 Å². The average molecular weight is 246 g/mol. The van der Waals surface area contributed by atoms with Gasteiger partial charge in [-0.25, -0.2) is 0 Å². The smallest absolute Gasteiger partial charge is 0.115 e. The molecular weight excluding hydrogens is 220 g/mol. The Balaban J connectivity index is 2.73. The molecule has 0 spiro atoms. The largest absolute Gasteiger partial charge is 0.376 e. The lowest BCUT2D eigenvalue weighted by molar-refractivity contribution is -0.241. The van der Waals surface area contributed by atoms with E-state index in [1.807, 2.05) is 13.8 Å². The fourth-order valence-corrected chi connectivity index (χ4v) is 2.36. The van der Waals surface area contributed by atoms with Gasteiger partial charge in [-0.2, -0.15) is 0 Å². The molecule has 0 aromatic heterocycles. The van der Waals surface area contributed by atoms with Crippen molar-refractivity contribution in [3.8, 4) is 0 Å². The van der Waals surface area contributed by atoms with Crippen LogP contribution in [0.25, 0.3) is 0 Å². The van der Waals surface area contributed by atoms with Crippen molar-refractivity contribution in [2.75, 3.05) is 20.8 Å². The minimum absolute atomic E-state index is 0.0264. The molecule has 2 unspecified atom stereocenters. The van der Waals surface area contributed by atoms with Crippen molar-refractivity contribution in [3.63, 3.8) is 0 Å². The van der Waals surface area contributed by atoms with Gasteiger partial charge in [-0.1, -0.05) is 13.8 Å². The first-order chi connectivity index (χ1) is 8.01. The molecule has 1 rings (SSSR count). The zero-order chi connectivity index (χ0) is 13.0. The van der Waals surface area contributed by atoms with Crippen LogP contribution in [0.15, 0.2) is 0 Å². The van der Waals surface area contributed by atoms with Gasteiger partial charge in [-0.15, -0.1) is 0 Å². The van der Waals surface area contributed by atoms with E-state index in [0.29, 0.717) is 12.5 Å². The topological polar surface area (TPSA) is 36.9 Å². The lowest BCUT2D eigenvalue weighted by Crippen LogP contribution is -2.58. The van der Waals surface area contributed by atoms with Crippen LogP contribution in [0.4, 0.5) is 0 Å². The van der Waals surface area contributed by atoms with Crippen LogP contribution in [-0.4, -0.2) is 51.3 Å². The first-order valence-corrected chi connectivity index (χ1v) is 6.33. The Labute approximate surface area is 105 Å². The molecule has 17 heavy (non-hydrogen) atoms. The van der Waals surface area contributed by atoms with Crippen LogP contribution in [0.3, 0.4) is 0 Å². The minimum atomic E-state index is -0.0742. The Bertz CT molecular complexity index is 203. The Morgan fingerprint density at radius 2 is 1.41 bits per heavy atom. The van der Waals surface area contributed by atoms with Gasteiger partial charge in [0.1, 0.15) is 18.3 Å². The molecule has 1 fully saturated rings. The Hall–Kier alpha value is -0.160. The molecule has 0 saturated carbocycles. The molecule has 102 valence electrons. The van der Waals surface area contributed by atoms with Gasteiger partial charge in [0.25, 0.3) is 0 Å². The molecule has 1 heterocycles. The highest BCUT2D eigenvalue weighted by Crippen LogP contribution is 2.27. The van der Waals surface area contributed by atoms with Crippen LogP contribution >= 0.6 is 0 Å². The van der Waals surface area contributed by atoms with E-state index in [4.69, 9.17) is 18.9 Å². The van der Waals surface area contributed by atoms with Gasteiger partial charge in [0, 0.05) is 20.8 Å². The molecule has 0 amide bonds. The molecule has 0 N–H and O–H groups in total. The normalized spacial score (nSPS) is 38.6. The molecule has 0 bridgehead atoms. The third-order valence-corrected chi connectivity index (χ3v) is 3.17. The molecule has 0 radical (unpaired) electrons. The van der Waals surface area contributed by atoms with Crippen molar-refractivity contribution in [2.45, 2.75) is 58.2 Å². The van der Waals surface area contributed by atoms with Crippen LogP contribution in [0.2, 0.25) is 0 Å². The summed E-state index contributed by atoms with van der Waals surface area (Å²) in [4.78, 5) is 0. The van der Waals surface area contributed by atoms with E-state index < -0.39 is 0 Å². The number of rotatable bonds is 5. The quantitative estimate of drug-likeness (QED) is 0.742. The van der Waals surface area contributed by atoms with Gasteiger partial charge >= 0.3 is 0 Å². The van der Waals surface area contributed by atoms with Gasteiger partial charge in [0.15, 0.2) is 0 Å². The fourth-order valence-electron chi connectivity index (χ4n) is 2.36. The Morgan fingerprint density at radius 1 is 0.941 bits per heavy atom. The van der Waals surface area contributed by atoms with E-state index in [1.54, 1.807) is 14.2 Å². The molecule has 0 aliphatic carbocycles. The SMILES string of the molecule is CO[C@H]1C(C)O[C@@H](C)[C@H](OC)C1OCC(C)C. The number of hydrogen-bond donors (Lipinski definition) is 0. The molecule has 1 aliphatic rings. The Morgan fingerprint density at radius 3 is 1.76 bits per heavy atom. The summed E-state index contributed by atoms with van der Waals surface area (Å²) in [6, 6.07) is 0. The zero-order valence-electron chi connectivity index (χ0n) is 11.8. The summed E-state index contributed by atoms with van der Waals surface area (Å²) in [5, 5.41) is 0.